The van der Waals surface area contributed by atoms with E-state index in [0.717, 1.165) is 6.42 Å². The van der Waals surface area contributed by atoms with Gasteiger partial charge in [0.2, 0.25) is 5.91 Å². The van der Waals surface area contributed by atoms with E-state index >= 15 is 0 Å². The molecule has 0 aliphatic carbocycles. The zero-order chi connectivity index (χ0) is 19.2. The molecule has 2 heterocycles. The van der Waals surface area contributed by atoms with Gasteiger partial charge in [0.1, 0.15) is 24.2 Å². The van der Waals surface area contributed by atoms with Crippen molar-refractivity contribution in [3.05, 3.63) is 59.2 Å². The molecule has 0 aliphatic heterocycles. The fraction of sp³-hybridized carbons (Fsp3) is 0.167. The Kier molecular flexibility index (Phi) is 5.92. The number of nitrogens with zero attached hydrogens (tertiary/aromatic N) is 4. The first-order chi connectivity index (χ1) is 13.1. The summed E-state index contributed by atoms with van der Waals surface area (Å²) in [6.45, 7) is 1.94. The third kappa shape index (κ3) is 4.76. The lowest BCUT2D eigenvalue weighted by Gasteiger charge is -2.10. The van der Waals surface area contributed by atoms with Gasteiger partial charge in [0.15, 0.2) is 0 Å². The minimum Gasteiger partial charge on any atom is -0.326 e. The summed E-state index contributed by atoms with van der Waals surface area (Å²) >= 11 is 3.35. The molecule has 0 saturated carbocycles. The van der Waals surface area contributed by atoms with Gasteiger partial charge >= 0.3 is 0 Å². The van der Waals surface area contributed by atoms with Gasteiger partial charge in [-0.25, -0.2) is 4.98 Å². The van der Waals surface area contributed by atoms with Crippen LogP contribution in [0.5, 0.6) is 0 Å². The molecule has 0 atom stereocenters. The molecule has 3 aromatic rings. The monoisotopic (exact) mass is 428 g/mol. The summed E-state index contributed by atoms with van der Waals surface area (Å²) in [5.74, 6) is 0.0785. The molecule has 27 heavy (non-hydrogen) atoms. The maximum absolute atomic E-state index is 12.7. The fourth-order valence-corrected chi connectivity index (χ4v) is 2.77. The Balaban J connectivity index is 1.77. The number of nitrogens with one attached hydrogen (secondary N) is 2. The molecule has 8 nitrogen and oxygen atoms in total. The van der Waals surface area contributed by atoms with E-state index in [4.69, 9.17) is 0 Å². The first-order valence-corrected chi connectivity index (χ1v) is 9.09. The summed E-state index contributed by atoms with van der Waals surface area (Å²) in [4.78, 5) is 28.8. The van der Waals surface area contributed by atoms with Crippen molar-refractivity contribution in [1.82, 2.24) is 19.7 Å². The van der Waals surface area contributed by atoms with Crippen LogP contribution in [-0.2, 0) is 4.79 Å². The smallest absolute Gasteiger partial charge is 0.275 e. The Morgan fingerprint density at radius 3 is 2.48 bits per heavy atom. The quantitative estimate of drug-likeness (QED) is 0.625. The zero-order valence-electron chi connectivity index (χ0n) is 14.5. The Morgan fingerprint density at radius 2 is 1.78 bits per heavy atom. The average Bonchev–Trinajstić information content (AvgIpc) is 3.17. The molecule has 2 amide bonds. The highest BCUT2D eigenvalue weighted by Crippen LogP contribution is 2.20. The van der Waals surface area contributed by atoms with Crippen LogP contribution in [0.25, 0.3) is 5.82 Å². The highest BCUT2D eigenvalue weighted by Gasteiger charge is 2.14. The Labute approximate surface area is 164 Å². The van der Waals surface area contributed by atoms with E-state index in [1.54, 1.807) is 41.0 Å². The highest BCUT2D eigenvalue weighted by molar-refractivity contribution is 9.10. The van der Waals surface area contributed by atoms with Crippen molar-refractivity contribution >= 4 is 39.1 Å². The van der Waals surface area contributed by atoms with Crippen molar-refractivity contribution in [1.29, 1.82) is 0 Å². The maximum atomic E-state index is 12.7. The molecule has 3 rings (SSSR count). The van der Waals surface area contributed by atoms with Crippen LogP contribution in [0.3, 0.4) is 0 Å². The Bertz CT molecular complexity index is 958. The van der Waals surface area contributed by atoms with Crippen LogP contribution in [0.1, 0.15) is 30.3 Å². The summed E-state index contributed by atoms with van der Waals surface area (Å²) in [6.07, 6.45) is 4.22. The van der Waals surface area contributed by atoms with Crippen molar-refractivity contribution in [2.45, 2.75) is 19.8 Å². The summed E-state index contributed by atoms with van der Waals surface area (Å²) in [5, 5.41) is 13.1. The van der Waals surface area contributed by atoms with Crippen LogP contribution in [0, 0.1) is 0 Å². The fourth-order valence-electron chi connectivity index (χ4n) is 2.37. The first-order valence-electron chi connectivity index (χ1n) is 8.29. The van der Waals surface area contributed by atoms with E-state index < -0.39 is 0 Å². The number of hydrogen-bond acceptors (Lipinski definition) is 5. The van der Waals surface area contributed by atoms with Crippen LogP contribution < -0.4 is 10.6 Å². The number of carbonyl (C=O) groups is 2. The Hall–Kier alpha value is -3.07. The van der Waals surface area contributed by atoms with Crippen LogP contribution in [0.2, 0.25) is 0 Å². The van der Waals surface area contributed by atoms with Crippen molar-refractivity contribution in [2.75, 3.05) is 10.6 Å². The van der Waals surface area contributed by atoms with Gasteiger partial charge in [0.25, 0.3) is 5.91 Å². The molecule has 9 heteroatoms. The van der Waals surface area contributed by atoms with Gasteiger partial charge in [-0.1, -0.05) is 13.0 Å². The van der Waals surface area contributed by atoms with Gasteiger partial charge in [-0.2, -0.15) is 0 Å². The molecule has 0 radical (unpaired) electrons. The number of rotatable bonds is 6. The first kappa shape index (κ1) is 18.7. The molecule has 0 aliphatic rings. The largest absolute Gasteiger partial charge is 0.326 e. The van der Waals surface area contributed by atoms with Gasteiger partial charge in [0, 0.05) is 22.3 Å². The molecule has 0 bridgehead atoms. The second kappa shape index (κ2) is 8.54. The minimum absolute atomic E-state index is 0.0629. The number of carbonyl (C=O) groups excluding carboxylic acids is 2. The predicted octanol–water partition coefficient (Wildman–Crippen LogP) is 3.42. The SMILES string of the molecule is CCCC(=O)Nc1cccc(NC(=O)c2nc(-n3cnnc3)ccc2Br)c1. The van der Waals surface area contributed by atoms with Gasteiger partial charge in [-0.05, 0) is 52.7 Å². The number of amides is 2. The van der Waals surface area contributed by atoms with Gasteiger partial charge < -0.3 is 10.6 Å². The summed E-state index contributed by atoms with van der Waals surface area (Å²) < 4.78 is 2.16. The molecule has 2 N–H and O–H groups in total. The second-order valence-electron chi connectivity index (χ2n) is 5.70. The highest BCUT2D eigenvalue weighted by atomic mass is 79.9. The van der Waals surface area contributed by atoms with Crippen LogP contribution in [0.4, 0.5) is 11.4 Å². The van der Waals surface area contributed by atoms with Crippen molar-refractivity contribution in [3.8, 4) is 5.82 Å². The molecular weight excluding hydrogens is 412 g/mol. The summed E-state index contributed by atoms with van der Waals surface area (Å²) in [6, 6.07) is 10.4. The summed E-state index contributed by atoms with van der Waals surface area (Å²) in [7, 11) is 0. The van der Waals surface area contributed by atoms with Crippen LogP contribution in [0.15, 0.2) is 53.5 Å². The van der Waals surface area contributed by atoms with Crippen molar-refractivity contribution in [2.24, 2.45) is 0 Å². The molecular formula is C18H17BrN6O2. The molecule has 0 spiro atoms. The van der Waals surface area contributed by atoms with Crippen LogP contribution >= 0.6 is 15.9 Å². The van der Waals surface area contributed by atoms with E-state index in [-0.39, 0.29) is 17.5 Å². The third-order valence-electron chi connectivity index (χ3n) is 3.61. The maximum Gasteiger partial charge on any atom is 0.275 e. The molecule has 2 aromatic heterocycles. The number of anilines is 2. The molecule has 0 saturated heterocycles. The van der Waals surface area contributed by atoms with E-state index in [1.807, 2.05) is 6.92 Å². The summed E-state index contributed by atoms with van der Waals surface area (Å²) in [5.41, 5.74) is 1.40. The number of aromatic nitrogens is 4. The zero-order valence-corrected chi connectivity index (χ0v) is 16.1. The third-order valence-corrected chi connectivity index (χ3v) is 4.25. The lowest BCUT2D eigenvalue weighted by molar-refractivity contribution is -0.116. The van der Waals surface area contributed by atoms with E-state index in [9.17, 15) is 9.59 Å². The molecule has 138 valence electrons. The molecule has 0 fully saturated rings. The average molecular weight is 429 g/mol. The predicted molar refractivity (Wildman–Crippen MR) is 105 cm³/mol. The van der Waals surface area contributed by atoms with E-state index in [1.165, 1.54) is 12.7 Å². The Morgan fingerprint density at radius 1 is 1.07 bits per heavy atom. The number of hydrogen-bond donors (Lipinski definition) is 2. The van der Waals surface area contributed by atoms with Gasteiger partial charge in [-0.15, -0.1) is 10.2 Å². The minimum atomic E-state index is -0.381. The molecule has 0 unspecified atom stereocenters. The number of benzene rings is 1. The lowest BCUT2D eigenvalue weighted by Crippen LogP contribution is -2.16. The second-order valence-corrected chi connectivity index (χ2v) is 6.56. The number of halogens is 1. The standard InChI is InChI=1S/C18H17BrN6O2/c1-2-4-16(26)22-12-5-3-6-13(9-12)23-18(27)17-14(19)7-8-15(24-17)25-10-20-21-11-25/h3,5-11H,2,4H2,1H3,(H,22,26)(H,23,27). The van der Waals surface area contributed by atoms with Crippen molar-refractivity contribution in [3.63, 3.8) is 0 Å². The van der Waals surface area contributed by atoms with Gasteiger partial charge in [0.05, 0.1) is 0 Å². The van der Waals surface area contributed by atoms with E-state index in [0.29, 0.717) is 28.1 Å². The number of pyridine rings is 1. The van der Waals surface area contributed by atoms with Crippen LogP contribution in [-0.4, -0.2) is 31.6 Å². The normalized spacial score (nSPS) is 10.4. The van der Waals surface area contributed by atoms with Gasteiger partial charge in [-0.3, -0.25) is 14.2 Å². The molecule has 1 aromatic carbocycles. The topological polar surface area (TPSA) is 102 Å². The van der Waals surface area contributed by atoms with E-state index in [2.05, 4.69) is 41.7 Å². The van der Waals surface area contributed by atoms with Crippen molar-refractivity contribution < 1.29 is 9.59 Å². The lowest BCUT2D eigenvalue weighted by atomic mass is 10.2.